The summed E-state index contributed by atoms with van der Waals surface area (Å²) in [5, 5.41) is 0. The second kappa shape index (κ2) is 9.63. The van der Waals surface area contributed by atoms with Gasteiger partial charge in [-0.25, -0.2) is 0 Å². The molecule has 0 unspecified atom stereocenters. The van der Waals surface area contributed by atoms with E-state index in [0.29, 0.717) is 0 Å². The van der Waals surface area contributed by atoms with Gasteiger partial charge in [0.1, 0.15) is 10.00 Å². The summed E-state index contributed by atoms with van der Waals surface area (Å²) in [6.45, 7) is 1.86. The van der Waals surface area contributed by atoms with E-state index in [4.69, 9.17) is 23.2 Å². The summed E-state index contributed by atoms with van der Waals surface area (Å²) >= 11 is 14.1. The molecule has 0 aliphatic heterocycles. The van der Waals surface area contributed by atoms with E-state index in [2.05, 4.69) is 84.6 Å². The summed E-state index contributed by atoms with van der Waals surface area (Å²) in [5.41, 5.74) is 2.35. The molecule has 0 radical (unpaired) electrons. The normalized spacial score (nSPS) is 18.5. The highest BCUT2D eigenvalue weighted by Crippen LogP contribution is 2.50. The Morgan fingerprint density at radius 1 is 0.714 bits per heavy atom. The lowest BCUT2D eigenvalue weighted by molar-refractivity contribution is -0.0642. The van der Waals surface area contributed by atoms with Gasteiger partial charge in [-0.3, -0.25) is 9.80 Å². The second-order valence-corrected chi connectivity index (χ2v) is 9.53. The minimum Gasteiger partial charge on any atom is -0.286 e. The van der Waals surface area contributed by atoms with Crippen LogP contribution in [0.15, 0.2) is 60.7 Å². The SMILES string of the molecule is CN(CCc1ccccc1)C1(N(C)CCc2ccccc2)CCCCC1(Cl)Cl. The third kappa shape index (κ3) is 4.74. The lowest BCUT2D eigenvalue weighted by Gasteiger charge is -2.56. The molecule has 4 heteroatoms. The van der Waals surface area contributed by atoms with Crippen LogP contribution in [-0.4, -0.2) is 47.0 Å². The van der Waals surface area contributed by atoms with Crippen LogP contribution in [0.1, 0.15) is 36.8 Å². The van der Waals surface area contributed by atoms with E-state index in [1.165, 1.54) is 11.1 Å². The van der Waals surface area contributed by atoms with Crippen LogP contribution in [0, 0.1) is 0 Å². The maximum absolute atomic E-state index is 7.03. The molecule has 0 bridgehead atoms. The Morgan fingerprint density at radius 2 is 1.14 bits per heavy atom. The molecule has 0 N–H and O–H groups in total. The van der Waals surface area contributed by atoms with E-state index in [9.17, 15) is 0 Å². The molecule has 1 saturated carbocycles. The maximum Gasteiger partial charge on any atom is 0.149 e. The number of nitrogens with zero attached hydrogens (tertiary/aromatic N) is 2. The highest BCUT2D eigenvalue weighted by atomic mass is 35.5. The summed E-state index contributed by atoms with van der Waals surface area (Å²) in [6.07, 6.45) is 6.07. The summed E-state index contributed by atoms with van der Waals surface area (Å²) in [5.74, 6) is 0. The van der Waals surface area contributed by atoms with Gasteiger partial charge in [-0.1, -0.05) is 96.7 Å². The van der Waals surface area contributed by atoms with Gasteiger partial charge in [0.05, 0.1) is 0 Å². The van der Waals surface area contributed by atoms with Gasteiger partial charge in [0.15, 0.2) is 0 Å². The molecule has 2 aromatic rings. The average Bonchev–Trinajstić information content (AvgIpc) is 2.71. The van der Waals surface area contributed by atoms with Gasteiger partial charge in [0.25, 0.3) is 0 Å². The molecule has 28 heavy (non-hydrogen) atoms. The van der Waals surface area contributed by atoms with Crippen molar-refractivity contribution in [2.75, 3.05) is 27.2 Å². The largest absolute Gasteiger partial charge is 0.286 e. The molecule has 0 amide bonds. The van der Waals surface area contributed by atoms with E-state index < -0.39 is 4.33 Å². The van der Waals surface area contributed by atoms with Gasteiger partial charge >= 0.3 is 0 Å². The molecule has 0 heterocycles. The highest BCUT2D eigenvalue weighted by molar-refractivity contribution is 6.49. The summed E-state index contributed by atoms with van der Waals surface area (Å²) < 4.78 is -0.776. The van der Waals surface area contributed by atoms with Crippen LogP contribution < -0.4 is 0 Å². The van der Waals surface area contributed by atoms with Gasteiger partial charge in [-0.2, -0.15) is 0 Å². The standard InChI is InChI=1S/C24H32Cl2N2/c1-27(19-15-21-11-5-3-6-12-21)24(18-10-9-17-23(24,25)26)28(2)20-16-22-13-7-4-8-14-22/h3-8,11-14H,9-10,15-20H2,1-2H3. The highest BCUT2D eigenvalue weighted by Gasteiger charge is 2.55. The van der Waals surface area contributed by atoms with Crippen molar-refractivity contribution in [1.29, 1.82) is 0 Å². The molecule has 0 saturated heterocycles. The number of alkyl halides is 2. The van der Waals surface area contributed by atoms with Crippen molar-refractivity contribution in [2.45, 2.75) is 48.5 Å². The zero-order valence-electron chi connectivity index (χ0n) is 17.1. The van der Waals surface area contributed by atoms with E-state index in [0.717, 1.165) is 51.6 Å². The van der Waals surface area contributed by atoms with Crippen molar-refractivity contribution in [1.82, 2.24) is 9.80 Å². The van der Waals surface area contributed by atoms with Crippen LogP contribution in [0.5, 0.6) is 0 Å². The Kier molecular flexibility index (Phi) is 7.44. The van der Waals surface area contributed by atoms with Crippen molar-refractivity contribution < 1.29 is 0 Å². The molecule has 2 aromatic carbocycles. The van der Waals surface area contributed by atoms with Crippen molar-refractivity contribution in [3.8, 4) is 0 Å². The van der Waals surface area contributed by atoms with E-state index in [-0.39, 0.29) is 5.66 Å². The van der Waals surface area contributed by atoms with Crippen LogP contribution in [0.4, 0.5) is 0 Å². The molecule has 0 atom stereocenters. The lowest BCUT2D eigenvalue weighted by Crippen LogP contribution is -2.69. The Labute approximate surface area is 180 Å². The fraction of sp³-hybridized carbons (Fsp3) is 0.500. The van der Waals surface area contributed by atoms with Crippen LogP contribution in [0.25, 0.3) is 0 Å². The molecule has 0 spiro atoms. The van der Waals surface area contributed by atoms with E-state index >= 15 is 0 Å². The minimum absolute atomic E-state index is 0.349. The van der Waals surface area contributed by atoms with Crippen LogP contribution >= 0.6 is 23.2 Å². The number of likely N-dealkylation sites (N-methyl/N-ethyl adjacent to an activating group) is 2. The maximum atomic E-state index is 7.03. The van der Waals surface area contributed by atoms with Gasteiger partial charge < -0.3 is 0 Å². The number of hydrogen-bond acceptors (Lipinski definition) is 2. The van der Waals surface area contributed by atoms with Crippen molar-refractivity contribution >= 4 is 23.2 Å². The first-order valence-electron chi connectivity index (χ1n) is 10.3. The first-order chi connectivity index (χ1) is 13.5. The fourth-order valence-electron chi connectivity index (χ4n) is 4.59. The molecular weight excluding hydrogens is 387 g/mol. The average molecular weight is 419 g/mol. The summed E-state index contributed by atoms with van der Waals surface area (Å²) in [4.78, 5) is 4.81. The number of hydrogen-bond donors (Lipinski definition) is 0. The van der Waals surface area contributed by atoms with Crippen LogP contribution in [0.3, 0.4) is 0 Å². The Morgan fingerprint density at radius 3 is 1.57 bits per heavy atom. The predicted molar refractivity (Wildman–Crippen MR) is 121 cm³/mol. The minimum atomic E-state index is -0.776. The van der Waals surface area contributed by atoms with Gasteiger partial charge in [-0.15, -0.1) is 0 Å². The van der Waals surface area contributed by atoms with Crippen LogP contribution in [-0.2, 0) is 12.8 Å². The summed E-state index contributed by atoms with van der Waals surface area (Å²) in [6, 6.07) is 21.3. The summed E-state index contributed by atoms with van der Waals surface area (Å²) in [7, 11) is 4.37. The predicted octanol–water partition coefficient (Wildman–Crippen LogP) is 5.78. The molecule has 2 nitrogen and oxygen atoms in total. The molecule has 1 fully saturated rings. The first kappa shape index (κ1) is 21.6. The smallest absolute Gasteiger partial charge is 0.149 e. The van der Waals surface area contributed by atoms with Gasteiger partial charge in [0.2, 0.25) is 0 Å². The number of halogens is 2. The van der Waals surface area contributed by atoms with E-state index in [1.807, 2.05) is 0 Å². The molecular formula is C24H32Cl2N2. The Bertz CT molecular complexity index is 668. The lowest BCUT2D eigenvalue weighted by atomic mass is 9.84. The number of benzene rings is 2. The van der Waals surface area contributed by atoms with Crippen molar-refractivity contribution in [3.05, 3.63) is 71.8 Å². The van der Waals surface area contributed by atoms with Crippen molar-refractivity contribution in [3.63, 3.8) is 0 Å². The van der Waals surface area contributed by atoms with Crippen molar-refractivity contribution in [2.24, 2.45) is 0 Å². The molecule has 0 aromatic heterocycles. The molecule has 1 aliphatic rings. The third-order valence-electron chi connectivity index (χ3n) is 6.27. The zero-order chi connectivity index (χ0) is 20.0. The van der Waals surface area contributed by atoms with Gasteiger partial charge in [-0.05, 0) is 50.9 Å². The molecule has 3 rings (SSSR count). The Balaban J connectivity index is 1.76. The van der Waals surface area contributed by atoms with Gasteiger partial charge in [0, 0.05) is 13.1 Å². The molecule has 152 valence electrons. The van der Waals surface area contributed by atoms with Crippen LogP contribution in [0.2, 0.25) is 0 Å². The number of rotatable bonds is 8. The van der Waals surface area contributed by atoms with E-state index in [1.54, 1.807) is 0 Å². The fourth-order valence-corrected chi connectivity index (χ4v) is 5.62. The monoisotopic (exact) mass is 418 g/mol. The topological polar surface area (TPSA) is 6.48 Å². The molecule has 1 aliphatic carbocycles. The zero-order valence-corrected chi connectivity index (χ0v) is 18.6. The first-order valence-corrected chi connectivity index (χ1v) is 11.1. The third-order valence-corrected chi connectivity index (χ3v) is 7.26. The second-order valence-electron chi connectivity index (χ2n) is 8.04. The quantitative estimate of drug-likeness (QED) is 0.395. The Hall–Kier alpha value is -1.06.